The maximum absolute atomic E-state index is 11.9. The third-order valence-electron chi connectivity index (χ3n) is 4.33. The first-order valence-corrected chi connectivity index (χ1v) is 8.91. The molecule has 0 amide bonds. The second-order valence-electron chi connectivity index (χ2n) is 7.64. The lowest BCUT2D eigenvalue weighted by Gasteiger charge is -2.46. The van der Waals surface area contributed by atoms with Gasteiger partial charge in [-0.05, 0) is 26.2 Å². The summed E-state index contributed by atoms with van der Waals surface area (Å²) in [6, 6.07) is 0.777. The highest BCUT2D eigenvalue weighted by molar-refractivity contribution is 7.92. The molecule has 0 aliphatic carbocycles. The van der Waals surface area contributed by atoms with Gasteiger partial charge in [0.2, 0.25) is 0 Å². The zero-order valence-electron chi connectivity index (χ0n) is 13.4. The summed E-state index contributed by atoms with van der Waals surface area (Å²) in [6.45, 7) is 14.9. The highest BCUT2D eigenvalue weighted by Gasteiger charge is 2.38. The van der Waals surface area contributed by atoms with Crippen LogP contribution in [0, 0.1) is 5.41 Å². The van der Waals surface area contributed by atoms with Crippen molar-refractivity contribution in [1.82, 2.24) is 10.2 Å². The Morgan fingerprint density at radius 2 is 1.74 bits per heavy atom. The van der Waals surface area contributed by atoms with Crippen LogP contribution in [-0.2, 0) is 9.84 Å². The average molecular weight is 290 g/mol. The van der Waals surface area contributed by atoms with E-state index in [1.165, 1.54) is 6.26 Å². The molecule has 0 spiro atoms. The third-order valence-corrected chi connectivity index (χ3v) is 6.47. The fourth-order valence-electron chi connectivity index (χ4n) is 2.33. The van der Waals surface area contributed by atoms with Crippen LogP contribution in [-0.4, -0.2) is 56.0 Å². The molecule has 0 aromatic heterocycles. The van der Waals surface area contributed by atoms with E-state index in [0.29, 0.717) is 18.6 Å². The van der Waals surface area contributed by atoms with Gasteiger partial charge < -0.3 is 5.32 Å². The van der Waals surface area contributed by atoms with Crippen LogP contribution in [0.3, 0.4) is 0 Å². The molecule has 4 nitrogen and oxygen atoms in total. The highest BCUT2D eigenvalue weighted by atomic mass is 32.2. The van der Waals surface area contributed by atoms with Crippen molar-refractivity contribution in [3.05, 3.63) is 0 Å². The van der Waals surface area contributed by atoms with Crippen molar-refractivity contribution >= 4 is 9.84 Å². The largest absolute Gasteiger partial charge is 0.311 e. The molecule has 1 aliphatic rings. The minimum absolute atomic E-state index is 0.188. The van der Waals surface area contributed by atoms with Crippen LogP contribution < -0.4 is 5.32 Å². The van der Waals surface area contributed by atoms with Gasteiger partial charge in [0.1, 0.15) is 0 Å². The molecule has 1 aliphatic heterocycles. The molecular formula is C14H30N2O2S. The zero-order valence-corrected chi connectivity index (χ0v) is 14.3. The molecule has 2 atom stereocenters. The van der Waals surface area contributed by atoms with Gasteiger partial charge in [-0.2, -0.15) is 0 Å². The molecule has 1 N–H and O–H groups in total. The van der Waals surface area contributed by atoms with Crippen molar-refractivity contribution in [3.8, 4) is 0 Å². The van der Waals surface area contributed by atoms with E-state index in [4.69, 9.17) is 0 Å². The molecule has 114 valence electrons. The Morgan fingerprint density at radius 3 is 2.16 bits per heavy atom. The van der Waals surface area contributed by atoms with E-state index in [-0.39, 0.29) is 5.41 Å². The zero-order chi connectivity index (χ0) is 15.1. The molecular weight excluding hydrogens is 260 g/mol. The molecule has 5 heteroatoms. The Labute approximate surface area is 118 Å². The SMILES string of the molecule is CC1CNC(C(C)(C)C)CN1CC(C)(C)S(C)(=O)=O. The van der Waals surface area contributed by atoms with E-state index in [9.17, 15) is 8.42 Å². The van der Waals surface area contributed by atoms with Crippen LogP contribution in [0.1, 0.15) is 41.5 Å². The first kappa shape index (κ1) is 16.9. The minimum Gasteiger partial charge on any atom is -0.311 e. The van der Waals surface area contributed by atoms with Crippen molar-refractivity contribution in [2.24, 2.45) is 5.41 Å². The van der Waals surface area contributed by atoms with Gasteiger partial charge in [-0.15, -0.1) is 0 Å². The summed E-state index contributed by atoms with van der Waals surface area (Å²) >= 11 is 0. The van der Waals surface area contributed by atoms with Crippen molar-refractivity contribution < 1.29 is 8.42 Å². The van der Waals surface area contributed by atoms with Crippen molar-refractivity contribution in [2.75, 3.05) is 25.9 Å². The van der Waals surface area contributed by atoms with Gasteiger partial charge >= 0.3 is 0 Å². The fourth-order valence-corrected chi connectivity index (χ4v) is 2.73. The van der Waals surface area contributed by atoms with Gasteiger partial charge in [0.25, 0.3) is 0 Å². The van der Waals surface area contributed by atoms with E-state index in [0.717, 1.165) is 13.1 Å². The summed E-state index contributed by atoms with van der Waals surface area (Å²) in [4.78, 5) is 2.31. The van der Waals surface area contributed by atoms with E-state index < -0.39 is 14.6 Å². The summed E-state index contributed by atoms with van der Waals surface area (Å²) in [5.41, 5.74) is 0.188. The summed E-state index contributed by atoms with van der Waals surface area (Å²) in [5.74, 6) is 0. The monoisotopic (exact) mass is 290 g/mol. The number of nitrogens with zero attached hydrogens (tertiary/aromatic N) is 1. The topological polar surface area (TPSA) is 49.4 Å². The number of hydrogen-bond acceptors (Lipinski definition) is 4. The van der Waals surface area contributed by atoms with Crippen molar-refractivity contribution in [1.29, 1.82) is 0 Å². The number of nitrogens with one attached hydrogen (secondary N) is 1. The molecule has 1 heterocycles. The highest BCUT2D eigenvalue weighted by Crippen LogP contribution is 2.26. The number of sulfone groups is 1. The summed E-state index contributed by atoms with van der Waals surface area (Å²) < 4.78 is 23.0. The lowest BCUT2D eigenvalue weighted by Crippen LogP contribution is -2.62. The standard InChI is InChI=1S/C14H30N2O2S/c1-11-8-15-12(13(2,3)4)9-16(11)10-14(5,6)19(7,17)18/h11-12,15H,8-10H2,1-7H3. The van der Waals surface area contributed by atoms with Crippen LogP contribution >= 0.6 is 0 Å². The summed E-state index contributed by atoms with van der Waals surface area (Å²) in [5, 5.41) is 3.57. The normalized spacial score (nSPS) is 27.5. The molecule has 1 rings (SSSR count). The van der Waals surface area contributed by atoms with Crippen molar-refractivity contribution in [3.63, 3.8) is 0 Å². The van der Waals surface area contributed by atoms with E-state index in [1.54, 1.807) is 0 Å². The Kier molecular flexibility index (Phi) is 4.75. The van der Waals surface area contributed by atoms with Gasteiger partial charge in [0.05, 0.1) is 4.75 Å². The third kappa shape index (κ3) is 4.17. The van der Waals surface area contributed by atoms with Gasteiger partial charge in [-0.25, -0.2) is 8.42 Å². The maximum Gasteiger partial charge on any atom is 0.153 e. The smallest absolute Gasteiger partial charge is 0.153 e. The van der Waals surface area contributed by atoms with E-state index in [2.05, 4.69) is 37.9 Å². The molecule has 0 bridgehead atoms. The molecule has 1 fully saturated rings. The minimum atomic E-state index is -3.04. The Bertz CT molecular complexity index is 410. The second kappa shape index (κ2) is 5.34. The molecule has 0 saturated carbocycles. The molecule has 0 aromatic rings. The van der Waals surface area contributed by atoms with Gasteiger partial charge in [-0.3, -0.25) is 4.90 Å². The Balaban J connectivity index is 2.82. The molecule has 0 aromatic carbocycles. The maximum atomic E-state index is 11.9. The number of hydrogen-bond donors (Lipinski definition) is 1. The summed E-state index contributed by atoms with van der Waals surface area (Å²) in [6.07, 6.45) is 1.33. The van der Waals surface area contributed by atoms with Gasteiger partial charge in [0, 0.05) is 38.0 Å². The van der Waals surface area contributed by atoms with E-state index in [1.807, 2.05) is 13.8 Å². The molecule has 1 saturated heterocycles. The lowest BCUT2D eigenvalue weighted by atomic mass is 9.84. The Hall–Kier alpha value is -0.130. The Morgan fingerprint density at radius 1 is 1.21 bits per heavy atom. The van der Waals surface area contributed by atoms with Gasteiger partial charge in [-0.1, -0.05) is 20.8 Å². The number of rotatable bonds is 3. The van der Waals surface area contributed by atoms with Crippen LogP contribution in [0.25, 0.3) is 0 Å². The van der Waals surface area contributed by atoms with Crippen LogP contribution in [0.4, 0.5) is 0 Å². The average Bonchev–Trinajstić information content (AvgIpc) is 2.17. The quantitative estimate of drug-likeness (QED) is 0.856. The van der Waals surface area contributed by atoms with Crippen LogP contribution in [0.2, 0.25) is 0 Å². The summed E-state index contributed by atoms with van der Waals surface area (Å²) in [7, 11) is -3.04. The fraction of sp³-hybridized carbons (Fsp3) is 1.00. The van der Waals surface area contributed by atoms with Crippen molar-refractivity contribution in [2.45, 2.75) is 58.4 Å². The second-order valence-corrected chi connectivity index (χ2v) is 10.3. The van der Waals surface area contributed by atoms with E-state index >= 15 is 0 Å². The lowest BCUT2D eigenvalue weighted by molar-refractivity contribution is 0.0870. The predicted octanol–water partition coefficient (Wildman–Crippen LogP) is 1.52. The molecule has 19 heavy (non-hydrogen) atoms. The number of piperazine rings is 1. The first-order valence-electron chi connectivity index (χ1n) is 7.01. The van der Waals surface area contributed by atoms with Gasteiger partial charge in [0.15, 0.2) is 9.84 Å². The molecule has 0 radical (unpaired) electrons. The van der Waals surface area contributed by atoms with Crippen LogP contribution in [0.15, 0.2) is 0 Å². The molecule has 2 unspecified atom stereocenters. The van der Waals surface area contributed by atoms with Crippen LogP contribution in [0.5, 0.6) is 0 Å². The predicted molar refractivity (Wildman–Crippen MR) is 81.2 cm³/mol. The first-order chi connectivity index (χ1) is 8.34.